The van der Waals surface area contributed by atoms with E-state index in [0.717, 1.165) is 39.7 Å². The lowest BCUT2D eigenvalue weighted by atomic mass is 9.93. The highest BCUT2D eigenvalue weighted by atomic mass is 35.5. The van der Waals surface area contributed by atoms with E-state index in [1.54, 1.807) is 6.20 Å². The Morgan fingerprint density at radius 2 is 1.57 bits per heavy atom. The minimum atomic E-state index is -0.218. The number of anilines is 2. The van der Waals surface area contributed by atoms with Gasteiger partial charge in [-0.2, -0.15) is 9.78 Å². The van der Waals surface area contributed by atoms with E-state index in [-0.39, 0.29) is 6.04 Å². The molecule has 2 aliphatic heterocycles. The molecule has 5 aromatic rings. The van der Waals surface area contributed by atoms with Crippen LogP contribution in [0.25, 0.3) is 5.82 Å². The number of pyridine rings is 1. The molecule has 7 nitrogen and oxygen atoms in total. The Labute approximate surface area is 237 Å². The van der Waals surface area contributed by atoms with Crippen LogP contribution < -0.4 is 10.2 Å². The summed E-state index contributed by atoms with van der Waals surface area (Å²) < 4.78 is 1.83. The first-order valence-corrected chi connectivity index (χ1v) is 13.5. The van der Waals surface area contributed by atoms with Crippen LogP contribution in [0.15, 0.2) is 101 Å². The van der Waals surface area contributed by atoms with Gasteiger partial charge < -0.3 is 10.2 Å². The van der Waals surface area contributed by atoms with Gasteiger partial charge in [0, 0.05) is 22.5 Å². The van der Waals surface area contributed by atoms with Crippen molar-refractivity contribution in [2.45, 2.75) is 26.8 Å². The van der Waals surface area contributed by atoms with E-state index >= 15 is 0 Å². The van der Waals surface area contributed by atoms with E-state index in [1.807, 2.05) is 60.1 Å². The summed E-state index contributed by atoms with van der Waals surface area (Å²) in [6, 6.07) is 28.1. The van der Waals surface area contributed by atoms with E-state index in [0.29, 0.717) is 22.5 Å². The summed E-state index contributed by atoms with van der Waals surface area (Å²) in [7, 11) is 0. The molecule has 0 saturated carbocycles. The van der Waals surface area contributed by atoms with Gasteiger partial charge in [-0.15, -0.1) is 0 Å². The largest absolute Gasteiger partial charge is 0.337 e. The van der Waals surface area contributed by atoms with Gasteiger partial charge in [0.1, 0.15) is 0 Å². The fraction of sp³-hybridized carbons (Fsp3) is 0.125. The van der Waals surface area contributed by atoms with Crippen LogP contribution in [0.5, 0.6) is 0 Å². The average molecular weight is 544 g/mol. The normalized spacial score (nSPS) is 15.5. The third-order valence-electron chi connectivity index (χ3n) is 7.17. The average Bonchev–Trinajstić information content (AvgIpc) is 3.28. The van der Waals surface area contributed by atoms with Gasteiger partial charge in [-0.25, -0.2) is 15.0 Å². The third kappa shape index (κ3) is 4.06. The van der Waals surface area contributed by atoms with Crippen molar-refractivity contribution in [3.63, 3.8) is 0 Å². The predicted molar refractivity (Wildman–Crippen MR) is 162 cm³/mol. The van der Waals surface area contributed by atoms with Crippen LogP contribution in [0.4, 0.5) is 22.9 Å². The molecule has 0 saturated heterocycles. The Morgan fingerprint density at radius 3 is 2.33 bits per heavy atom. The maximum Gasteiger partial charge on any atom is 0.179 e. The van der Waals surface area contributed by atoms with Crippen molar-refractivity contribution in [3.05, 3.63) is 124 Å². The summed E-state index contributed by atoms with van der Waals surface area (Å²) in [5.74, 6) is 2.82. The molecule has 2 aromatic heterocycles. The van der Waals surface area contributed by atoms with Crippen molar-refractivity contribution < 1.29 is 0 Å². The highest BCUT2D eigenvalue weighted by molar-refractivity contribution is 6.51. The molecule has 1 atom stereocenters. The number of benzene rings is 3. The molecule has 1 unspecified atom stereocenters. The maximum atomic E-state index is 6.33. The SMILES string of the molecule is Cc1cc(C)cc(NC2=Nc3ccccc3N3C2=Nc2c(c(C)nn2-c2ccccn2)C3c2ccc(Cl)cc2)c1. The zero-order valence-corrected chi connectivity index (χ0v) is 23.1. The first-order valence-electron chi connectivity index (χ1n) is 13.1. The van der Waals surface area contributed by atoms with Crippen molar-refractivity contribution in [1.82, 2.24) is 14.8 Å². The fourth-order valence-electron chi connectivity index (χ4n) is 5.58. The van der Waals surface area contributed by atoms with E-state index in [9.17, 15) is 0 Å². The van der Waals surface area contributed by atoms with E-state index < -0.39 is 0 Å². The van der Waals surface area contributed by atoms with E-state index in [2.05, 4.69) is 65.4 Å². The molecule has 0 radical (unpaired) electrons. The lowest BCUT2D eigenvalue weighted by Gasteiger charge is -2.40. The fourth-order valence-corrected chi connectivity index (χ4v) is 5.71. The van der Waals surface area contributed by atoms with Crippen molar-refractivity contribution in [2.75, 3.05) is 10.2 Å². The van der Waals surface area contributed by atoms with Gasteiger partial charge >= 0.3 is 0 Å². The molecule has 0 fully saturated rings. The van der Waals surface area contributed by atoms with Crippen LogP contribution in [-0.4, -0.2) is 26.4 Å². The number of amidine groups is 2. The minimum Gasteiger partial charge on any atom is -0.337 e. The van der Waals surface area contributed by atoms with Crippen LogP contribution in [0.1, 0.15) is 34.0 Å². The number of para-hydroxylation sites is 2. The summed E-state index contributed by atoms with van der Waals surface area (Å²) >= 11 is 6.33. The van der Waals surface area contributed by atoms with Gasteiger partial charge in [0.05, 0.1) is 23.1 Å². The molecule has 2 aliphatic rings. The Bertz CT molecular complexity index is 1800. The van der Waals surface area contributed by atoms with Crippen molar-refractivity contribution in [3.8, 4) is 5.82 Å². The number of aromatic nitrogens is 3. The van der Waals surface area contributed by atoms with Crippen molar-refractivity contribution in [1.29, 1.82) is 0 Å². The summed E-state index contributed by atoms with van der Waals surface area (Å²) in [5.41, 5.74) is 8.12. The molecule has 0 bridgehead atoms. The molecule has 8 heteroatoms. The monoisotopic (exact) mass is 543 g/mol. The van der Waals surface area contributed by atoms with Gasteiger partial charge in [0.15, 0.2) is 23.3 Å². The summed E-state index contributed by atoms with van der Waals surface area (Å²) in [6.07, 6.45) is 1.77. The Kier molecular flexibility index (Phi) is 5.75. The van der Waals surface area contributed by atoms with E-state index in [1.165, 1.54) is 11.1 Å². The number of hydrogen-bond donors (Lipinski definition) is 1. The van der Waals surface area contributed by atoms with Crippen LogP contribution in [0.3, 0.4) is 0 Å². The molecule has 0 amide bonds. The van der Waals surface area contributed by atoms with Gasteiger partial charge in [-0.3, -0.25) is 0 Å². The lowest BCUT2D eigenvalue weighted by Crippen LogP contribution is -2.46. The molecule has 196 valence electrons. The van der Waals surface area contributed by atoms with Gasteiger partial charge in [0.2, 0.25) is 0 Å². The van der Waals surface area contributed by atoms with Gasteiger partial charge in [-0.05, 0) is 86.0 Å². The molecule has 40 heavy (non-hydrogen) atoms. The number of fused-ring (bicyclic) bond motifs is 4. The molecule has 3 aromatic carbocycles. The highest BCUT2D eigenvalue weighted by Crippen LogP contribution is 2.48. The Hall–Kier alpha value is -4.75. The molecule has 0 aliphatic carbocycles. The number of hydrogen-bond acceptors (Lipinski definition) is 6. The minimum absolute atomic E-state index is 0.218. The van der Waals surface area contributed by atoms with Crippen LogP contribution in [0, 0.1) is 20.8 Å². The van der Waals surface area contributed by atoms with Crippen molar-refractivity contribution in [2.24, 2.45) is 9.98 Å². The molecule has 7 rings (SSSR count). The quantitative estimate of drug-likeness (QED) is 0.254. The summed E-state index contributed by atoms with van der Waals surface area (Å²) in [5, 5.41) is 9.22. The van der Waals surface area contributed by atoms with Gasteiger partial charge in [0.25, 0.3) is 0 Å². The maximum absolute atomic E-state index is 6.33. The number of aliphatic imine (C=N–C) groups is 2. The zero-order chi connectivity index (χ0) is 27.4. The zero-order valence-electron chi connectivity index (χ0n) is 22.3. The second kappa shape index (κ2) is 9.47. The molecular weight excluding hydrogens is 518 g/mol. The van der Waals surface area contributed by atoms with Crippen LogP contribution >= 0.6 is 11.6 Å². The molecule has 4 heterocycles. The van der Waals surface area contributed by atoms with Crippen LogP contribution in [-0.2, 0) is 0 Å². The number of halogens is 1. The molecule has 1 N–H and O–H groups in total. The second-order valence-electron chi connectivity index (χ2n) is 10.1. The summed E-state index contributed by atoms with van der Waals surface area (Å²) in [6.45, 7) is 6.22. The second-order valence-corrected chi connectivity index (χ2v) is 10.6. The molecular formula is C32H26ClN7. The van der Waals surface area contributed by atoms with Gasteiger partial charge in [-0.1, -0.05) is 48.0 Å². The number of nitrogens with one attached hydrogen (secondary N) is 1. The topological polar surface area (TPSA) is 70.7 Å². The summed E-state index contributed by atoms with van der Waals surface area (Å²) in [4.78, 5) is 17.2. The first-order chi connectivity index (χ1) is 19.5. The Morgan fingerprint density at radius 1 is 0.825 bits per heavy atom. The van der Waals surface area contributed by atoms with E-state index in [4.69, 9.17) is 26.7 Å². The number of rotatable bonds is 3. The molecule has 0 spiro atoms. The van der Waals surface area contributed by atoms with Crippen molar-refractivity contribution >= 4 is 46.2 Å². The number of aryl methyl sites for hydroxylation is 3. The number of nitrogens with zero attached hydrogens (tertiary/aromatic N) is 6. The lowest BCUT2D eigenvalue weighted by molar-refractivity contribution is 0.810. The predicted octanol–water partition coefficient (Wildman–Crippen LogP) is 7.64. The highest BCUT2D eigenvalue weighted by Gasteiger charge is 2.41. The Balaban J connectivity index is 1.50. The van der Waals surface area contributed by atoms with Crippen LogP contribution in [0.2, 0.25) is 5.02 Å². The smallest absolute Gasteiger partial charge is 0.179 e. The standard InChI is InChI=1S/C32H26ClN7/c1-19-16-20(2)18-24(17-19)35-30-32-37-31-28(21(3)38-40(31)27-10-6-7-15-34-27)29(22-11-13-23(33)14-12-22)39(32)26-9-5-4-8-25(26)36-30/h4-18,29H,1-3H3,(H,35,36). The first kappa shape index (κ1) is 24.3. The third-order valence-corrected chi connectivity index (χ3v) is 7.43.